The summed E-state index contributed by atoms with van der Waals surface area (Å²) >= 11 is 12.0. The molecule has 1 aromatic heterocycles. The highest BCUT2D eigenvalue weighted by molar-refractivity contribution is 6.44. The molecular weight excluding hydrogens is 345 g/mol. The minimum atomic E-state index is -0.232. The highest BCUT2D eigenvalue weighted by atomic mass is 35.5. The molecule has 1 amide bonds. The van der Waals surface area contributed by atoms with Crippen LogP contribution in [0.5, 0.6) is 0 Å². The van der Waals surface area contributed by atoms with Crippen LogP contribution >= 0.6 is 23.2 Å². The van der Waals surface area contributed by atoms with Gasteiger partial charge in [-0.1, -0.05) is 41.4 Å². The molecule has 0 atom stereocenters. The molecule has 24 heavy (non-hydrogen) atoms. The maximum Gasteiger partial charge on any atom is 0.255 e. The molecule has 122 valence electrons. The van der Waals surface area contributed by atoms with Gasteiger partial charge < -0.3 is 9.88 Å². The topological polar surface area (TPSA) is 46.9 Å². The molecule has 0 spiro atoms. The molecule has 3 rings (SSSR count). The highest BCUT2D eigenvalue weighted by Gasteiger charge is 2.10. The number of carbonyl (C=O) groups is 1. The van der Waals surface area contributed by atoms with Gasteiger partial charge in [0.05, 0.1) is 15.7 Å². The van der Waals surface area contributed by atoms with Crippen molar-refractivity contribution in [3.8, 4) is 0 Å². The fourth-order valence-electron chi connectivity index (χ4n) is 2.32. The monoisotopic (exact) mass is 359 g/mol. The van der Waals surface area contributed by atoms with E-state index in [1.807, 2.05) is 29.8 Å². The third kappa shape index (κ3) is 3.61. The maximum absolute atomic E-state index is 12.3. The summed E-state index contributed by atoms with van der Waals surface area (Å²) in [6, 6.07) is 12.5. The van der Waals surface area contributed by atoms with E-state index < -0.39 is 0 Å². The summed E-state index contributed by atoms with van der Waals surface area (Å²) in [6.07, 6.45) is 3.70. The van der Waals surface area contributed by atoms with Crippen LogP contribution in [-0.2, 0) is 6.54 Å². The summed E-state index contributed by atoms with van der Waals surface area (Å²) in [7, 11) is 0. The highest BCUT2D eigenvalue weighted by Crippen LogP contribution is 2.29. The lowest BCUT2D eigenvalue weighted by atomic mass is 10.1. The molecule has 0 aliphatic heterocycles. The van der Waals surface area contributed by atoms with Gasteiger partial charge in [-0.25, -0.2) is 4.98 Å². The van der Waals surface area contributed by atoms with E-state index in [9.17, 15) is 4.79 Å². The fourth-order valence-corrected chi connectivity index (χ4v) is 2.67. The summed E-state index contributed by atoms with van der Waals surface area (Å²) in [5.41, 5.74) is 2.14. The zero-order valence-electron chi connectivity index (χ0n) is 13.0. The minimum absolute atomic E-state index is 0.232. The molecule has 1 N–H and O–H groups in total. The van der Waals surface area contributed by atoms with Gasteiger partial charge in [-0.3, -0.25) is 4.79 Å². The number of hydrogen-bond donors (Lipinski definition) is 1. The number of halogens is 2. The Balaban J connectivity index is 1.72. The molecule has 6 heteroatoms. The zero-order chi connectivity index (χ0) is 17.1. The average molecular weight is 360 g/mol. The van der Waals surface area contributed by atoms with E-state index >= 15 is 0 Å². The van der Waals surface area contributed by atoms with E-state index in [4.69, 9.17) is 23.2 Å². The third-order valence-electron chi connectivity index (χ3n) is 3.69. The molecule has 0 aliphatic carbocycles. The molecule has 0 saturated carbocycles. The van der Waals surface area contributed by atoms with E-state index in [2.05, 4.69) is 10.3 Å². The summed E-state index contributed by atoms with van der Waals surface area (Å²) in [6.45, 7) is 2.67. The van der Waals surface area contributed by atoms with E-state index in [1.54, 1.807) is 36.5 Å². The molecule has 0 aliphatic rings. The first-order valence-electron chi connectivity index (χ1n) is 7.36. The predicted molar refractivity (Wildman–Crippen MR) is 96.9 cm³/mol. The molecule has 0 bridgehead atoms. The van der Waals surface area contributed by atoms with Gasteiger partial charge >= 0.3 is 0 Å². The van der Waals surface area contributed by atoms with Gasteiger partial charge in [-0.15, -0.1) is 0 Å². The smallest absolute Gasteiger partial charge is 0.255 e. The van der Waals surface area contributed by atoms with E-state index in [1.165, 1.54) is 0 Å². The van der Waals surface area contributed by atoms with Crippen LogP contribution in [0, 0.1) is 6.92 Å². The molecule has 0 unspecified atom stereocenters. The number of aryl methyl sites for hydroxylation is 1. The number of amides is 1. The second kappa shape index (κ2) is 7.07. The van der Waals surface area contributed by atoms with Crippen molar-refractivity contribution in [2.45, 2.75) is 13.5 Å². The first-order chi connectivity index (χ1) is 11.5. The third-order valence-corrected chi connectivity index (χ3v) is 4.51. The van der Waals surface area contributed by atoms with E-state index in [0.717, 1.165) is 11.4 Å². The maximum atomic E-state index is 12.3. The number of aromatic nitrogens is 2. The van der Waals surface area contributed by atoms with Gasteiger partial charge in [-0.2, -0.15) is 0 Å². The summed E-state index contributed by atoms with van der Waals surface area (Å²) in [5, 5.41) is 3.51. The number of anilines is 1. The van der Waals surface area contributed by atoms with Gasteiger partial charge in [0.15, 0.2) is 0 Å². The van der Waals surface area contributed by atoms with Crippen LogP contribution in [0.4, 0.5) is 5.69 Å². The van der Waals surface area contributed by atoms with Gasteiger partial charge in [0.25, 0.3) is 5.91 Å². The average Bonchev–Trinajstić information content (AvgIpc) is 2.97. The Morgan fingerprint density at radius 3 is 2.58 bits per heavy atom. The van der Waals surface area contributed by atoms with Crippen molar-refractivity contribution < 1.29 is 4.79 Å². The van der Waals surface area contributed by atoms with Crippen LogP contribution in [0.25, 0.3) is 0 Å². The minimum Gasteiger partial charge on any atom is -0.331 e. The Morgan fingerprint density at radius 2 is 1.92 bits per heavy atom. The number of rotatable bonds is 4. The SMILES string of the molecule is Cc1nccn1Cc1ccc(C(=O)Nc2cccc(Cl)c2Cl)cc1. The van der Waals surface area contributed by atoms with Crippen LogP contribution in [0.15, 0.2) is 54.9 Å². The van der Waals surface area contributed by atoms with Crippen molar-refractivity contribution in [1.29, 1.82) is 0 Å². The van der Waals surface area contributed by atoms with E-state index in [0.29, 0.717) is 27.8 Å². The van der Waals surface area contributed by atoms with Crippen molar-refractivity contribution in [3.05, 3.63) is 81.9 Å². The van der Waals surface area contributed by atoms with Crippen molar-refractivity contribution in [1.82, 2.24) is 9.55 Å². The van der Waals surface area contributed by atoms with Crippen LogP contribution in [-0.4, -0.2) is 15.5 Å². The first-order valence-corrected chi connectivity index (χ1v) is 8.12. The lowest BCUT2D eigenvalue weighted by Gasteiger charge is -2.09. The molecule has 1 heterocycles. The van der Waals surface area contributed by atoms with Gasteiger partial charge in [0.1, 0.15) is 5.82 Å². The number of carbonyl (C=O) groups excluding carboxylic acids is 1. The van der Waals surface area contributed by atoms with Gasteiger partial charge in [-0.05, 0) is 36.8 Å². The lowest BCUT2D eigenvalue weighted by molar-refractivity contribution is 0.102. The number of nitrogens with zero attached hydrogens (tertiary/aromatic N) is 2. The van der Waals surface area contributed by atoms with Crippen molar-refractivity contribution in [2.24, 2.45) is 0 Å². The van der Waals surface area contributed by atoms with Crippen LogP contribution < -0.4 is 5.32 Å². The quantitative estimate of drug-likeness (QED) is 0.727. The molecule has 3 aromatic rings. The summed E-state index contributed by atoms with van der Waals surface area (Å²) in [5.74, 6) is 0.719. The second-order valence-electron chi connectivity index (χ2n) is 5.35. The first kappa shape index (κ1) is 16.6. The van der Waals surface area contributed by atoms with Crippen molar-refractivity contribution >= 4 is 34.8 Å². The Morgan fingerprint density at radius 1 is 1.17 bits per heavy atom. The van der Waals surface area contributed by atoms with Crippen LogP contribution in [0.3, 0.4) is 0 Å². The van der Waals surface area contributed by atoms with Crippen LogP contribution in [0.1, 0.15) is 21.7 Å². The molecule has 4 nitrogen and oxygen atoms in total. The normalized spacial score (nSPS) is 10.6. The largest absolute Gasteiger partial charge is 0.331 e. The van der Waals surface area contributed by atoms with Gasteiger partial charge in [0, 0.05) is 24.5 Å². The molecular formula is C18H15Cl2N3O. The zero-order valence-corrected chi connectivity index (χ0v) is 14.5. The van der Waals surface area contributed by atoms with Crippen LogP contribution in [0.2, 0.25) is 10.0 Å². The molecule has 0 saturated heterocycles. The number of imidazole rings is 1. The second-order valence-corrected chi connectivity index (χ2v) is 6.14. The molecule has 2 aromatic carbocycles. The number of hydrogen-bond acceptors (Lipinski definition) is 2. The number of nitrogens with one attached hydrogen (secondary N) is 1. The molecule has 0 radical (unpaired) electrons. The van der Waals surface area contributed by atoms with Gasteiger partial charge in [0.2, 0.25) is 0 Å². The Hall–Kier alpha value is -2.30. The standard InChI is InChI=1S/C18H15Cl2N3O/c1-12-21-9-10-23(12)11-13-5-7-14(8-6-13)18(24)22-16-4-2-3-15(19)17(16)20/h2-10H,11H2,1H3,(H,22,24). The molecule has 0 fully saturated rings. The Bertz CT molecular complexity index is 872. The van der Waals surface area contributed by atoms with E-state index in [-0.39, 0.29) is 5.91 Å². The Labute approximate surface area is 150 Å². The summed E-state index contributed by atoms with van der Waals surface area (Å²) < 4.78 is 2.04. The van der Waals surface area contributed by atoms with Crippen molar-refractivity contribution in [2.75, 3.05) is 5.32 Å². The number of benzene rings is 2. The summed E-state index contributed by atoms with van der Waals surface area (Å²) in [4.78, 5) is 16.5. The predicted octanol–water partition coefficient (Wildman–Crippen LogP) is 4.80. The fraction of sp³-hybridized carbons (Fsp3) is 0.111. The lowest BCUT2D eigenvalue weighted by Crippen LogP contribution is -2.12. The van der Waals surface area contributed by atoms with Crippen molar-refractivity contribution in [3.63, 3.8) is 0 Å². The Kier molecular flexibility index (Phi) is 4.88.